The van der Waals surface area contributed by atoms with Crippen LogP contribution in [0, 0.1) is 17.0 Å². The number of hydrogen-bond acceptors (Lipinski definition) is 3. The summed E-state index contributed by atoms with van der Waals surface area (Å²) < 4.78 is 33.4. The summed E-state index contributed by atoms with van der Waals surface area (Å²) in [5.74, 6) is -2.19. The van der Waals surface area contributed by atoms with E-state index in [0.29, 0.717) is 29.5 Å². The summed E-state index contributed by atoms with van der Waals surface area (Å²) >= 11 is 0. The fourth-order valence-corrected chi connectivity index (χ4v) is 4.25. The fourth-order valence-electron chi connectivity index (χ4n) is 4.25. The van der Waals surface area contributed by atoms with Crippen molar-refractivity contribution in [2.45, 2.75) is 59.0 Å². The molecule has 180 valence electrons. The smallest absolute Gasteiger partial charge is 0.309 e. The van der Waals surface area contributed by atoms with Crippen molar-refractivity contribution in [3.63, 3.8) is 0 Å². The van der Waals surface area contributed by atoms with Crippen LogP contribution in [0.2, 0.25) is 0 Å². The molecule has 0 heterocycles. The minimum absolute atomic E-state index is 0.0590. The molecule has 0 saturated heterocycles. The number of carbonyl (C=O) groups is 2. The molecule has 0 aromatic heterocycles. The van der Waals surface area contributed by atoms with E-state index in [4.69, 9.17) is 4.74 Å². The summed E-state index contributed by atoms with van der Waals surface area (Å²) in [5.41, 5.74) is -0.448. The molecule has 0 aliphatic heterocycles. The molecule has 3 aromatic carbocycles. The Kier molecular flexibility index (Phi) is 8.37. The van der Waals surface area contributed by atoms with E-state index in [1.54, 1.807) is 6.07 Å². The summed E-state index contributed by atoms with van der Waals surface area (Å²) in [7, 11) is 0. The maximum absolute atomic E-state index is 14.2. The number of ketones is 1. The normalized spacial score (nSPS) is 12.9. The molecule has 0 amide bonds. The standard InChI is InChI=1S/C28H30F2O4/c1-3-5-15-28(4-2,27(32)33)16-14-25(31)23-13-11-19-8-6-7-9-22(19)26(23)34-18-20-10-12-21(29)17-24(20)30/h6-13,17H,3-5,14-16,18H2,1-2H3,(H,32,33). The average molecular weight is 469 g/mol. The minimum atomic E-state index is -0.944. The molecule has 1 unspecified atom stereocenters. The number of carbonyl (C=O) groups excluding carboxylic acids is 1. The summed E-state index contributed by atoms with van der Waals surface area (Å²) in [4.78, 5) is 25.4. The molecule has 6 heteroatoms. The highest BCUT2D eigenvalue weighted by molar-refractivity contribution is 6.05. The van der Waals surface area contributed by atoms with Crippen LogP contribution >= 0.6 is 0 Å². The highest BCUT2D eigenvalue weighted by atomic mass is 19.1. The lowest BCUT2D eigenvalue weighted by Crippen LogP contribution is -2.31. The third kappa shape index (κ3) is 5.61. The van der Waals surface area contributed by atoms with E-state index in [2.05, 4.69) is 0 Å². The van der Waals surface area contributed by atoms with Crippen molar-refractivity contribution in [2.24, 2.45) is 5.41 Å². The third-order valence-electron chi connectivity index (χ3n) is 6.54. The highest BCUT2D eigenvalue weighted by Gasteiger charge is 2.36. The number of Topliss-reactive ketones (excluding diaryl/α,β-unsaturated/α-hetero) is 1. The quantitative estimate of drug-likeness (QED) is 0.283. The van der Waals surface area contributed by atoms with Gasteiger partial charge in [-0.25, -0.2) is 8.78 Å². The van der Waals surface area contributed by atoms with E-state index in [0.717, 1.165) is 30.4 Å². The number of halogens is 2. The van der Waals surface area contributed by atoms with Gasteiger partial charge in [0, 0.05) is 23.4 Å². The van der Waals surface area contributed by atoms with Gasteiger partial charge in [0.25, 0.3) is 0 Å². The predicted molar refractivity (Wildman–Crippen MR) is 128 cm³/mol. The van der Waals surface area contributed by atoms with Crippen LogP contribution in [0.3, 0.4) is 0 Å². The minimum Gasteiger partial charge on any atom is -0.487 e. The lowest BCUT2D eigenvalue weighted by atomic mass is 9.75. The molecular formula is C28H30F2O4. The molecule has 1 atom stereocenters. The Morgan fingerprint density at radius 1 is 1.00 bits per heavy atom. The number of fused-ring (bicyclic) bond motifs is 1. The van der Waals surface area contributed by atoms with Crippen LogP contribution in [0.5, 0.6) is 5.75 Å². The van der Waals surface area contributed by atoms with Crippen molar-refractivity contribution in [3.05, 3.63) is 77.4 Å². The van der Waals surface area contributed by atoms with Crippen LogP contribution in [0.25, 0.3) is 10.8 Å². The molecule has 0 saturated carbocycles. The van der Waals surface area contributed by atoms with Gasteiger partial charge in [-0.15, -0.1) is 0 Å². The van der Waals surface area contributed by atoms with E-state index in [1.807, 2.05) is 44.2 Å². The second-order valence-electron chi connectivity index (χ2n) is 8.65. The zero-order valence-electron chi connectivity index (χ0n) is 19.6. The molecular weight excluding hydrogens is 438 g/mol. The van der Waals surface area contributed by atoms with Gasteiger partial charge in [-0.2, -0.15) is 0 Å². The molecule has 0 bridgehead atoms. The van der Waals surface area contributed by atoms with Gasteiger partial charge < -0.3 is 9.84 Å². The average Bonchev–Trinajstić information content (AvgIpc) is 2.83. The van der Waals surface area contributed by atoms with Crippen molar-refractivity contribution < 1.29 is 28.2 Å². The maximum Gasteiger partial charge on any atom is 0.309 e. The molecule has 1 N–H and O–H groups in total. The summed E-state index contributed by atoms with van der Waals surface area (Å²) in [6, 6.07) is 14.1. The number of unbranched alkanes of at least 4 members (excludes halogenated alkanes) is 1. The molecule has 3 rings (SSSR count). The number of aliphatic carboxylic acids is 1. The Morgan fingerprint density at radius 3 is 2.44 bits per heavy atom. The van der Waals surface area contributed by atoms with Crippen molar-refractivity contribution >= 4 is 22.5 Å². The zero-order chi connectivity index (χ0) is 24.7. The molecule has 3 aromatic rings. The predicted octanol–water partition coefficient (Wildman–Crippen LogP) is 7.33. The SMILES string of the molecule is CCCCC(CC)(CCC(=O)c1ccc2ccccc2c1OCc1ccc(F)cc1F)C(=O)O. The zero-order valence-corrected chi connectivity index (χ0v) is 19.6. The Balaban J connectivity index is 1.90. The van der Waals surface area contributed by atoms with Crippen molar-refractivity contribution in [3.8, 4) is 5.75 Å². The van der Waals surface area contributed by atoms with E-state index >= 15 is 0 Å². The Morgan fingerprint density at radius 2 is 1.76 bits per heavy atom. The van der Waals surface area contributed by atoms with Crippen LogP contribution in [0.1, 0.15) is 68.3 Å². The van der Waals surface area contributed by atoms with Gasteiger partial charge in [0.15, 0.2) is 5.78 Å². The van der Waals surface area contributed by atoms with Crippen LogP contribution < -0.4 is 4.74 Å². The Hall–Kier alpha value is -3.28. The molecule has 0 fully saturated rings. The molecule has 0 aliphatic rings. The molecule has 0 spiro atoms. The summed E-state index contributed by atoms with van der Waals surface area (Å²) in [6.07, 6.45) is 2.92. The van der Waals surface area contributed by atoms with E-state index in [1.165, 1.54) is 6.07 Å². The van der Waals surface area contributed by atoms with Crippen molar-refractivity contribution in [1.29, 1.82) is 0 Å². The van der Waals surface area contributed by atoms with Crippen LogP contribution in [0.4, 0.5) is 8.78 Å². The Labute approximate surface area is 198 Å². The van der Waals surface area contributed by atoms with Gasteiger partial charge in [0.1, 0.15) is 24.0 Å². The first-order valence-electron chi connectivity index (χ1n) is 11.7. The molecule has 4 nitrogen and oxygen atoms in total. The van der Waals surface area contributed by atoms with Gasteiger partial charge in [0.2, 0.25) is 0 Å². The number of carboxylic acid groups (broad SMARTS) is 1. The van der Waals surface area contributed by atoms with Crippen LogP contribution in [-0.2, 0) is 11.4 Å². The van der Waals surface area contributed by atoms with E-state index in [9.17, 15) is 23.5 Å². The van der Waals surface area contributed by atoms with Gasteiger partial charge >= 0.3 is 5.97 Å². The van der Waals surface area contributed by atoms with Gasteiger partial charge in [-0.3, -0.25) is 9.59 Å². The first-order chi connectivity index (χ1) is 16.3. The lowest BCUT2D eigenvalue weighted by molar-refractivity contribution is -0.150. The largest absolute Gasteiger partial charge is 0.487 e. The number of carboxylic acids is 1. The number of benzene rings is 3. The third-order valence-corrected chi connectivity index (χ3v) is 6.54. The van der Waals surface area contributed by atoms with Gasteiger partial charge in [-0.1, -0.05) is 57.0 Å². The maximum atomic E-state index is 14.2. The fraction of sp³-hybridized carbons (Fsp3) is 0.357. The number of ether oxygens (including phenoxy) is 1. The van der Waals surface area contributed by atoms with Gasteiger partial charge in [-0.05, 0) is 42.8 Å². The molecule has 0 radical (unpaired) electrons. The highest BCUT2D eigenvalue weighted by Crippen LogP contribution is 2.37. The van der Waals surface area contributed by atoms with Crippen molar-refractivity contribution in [2.75, 3.05) is 0 Å². The first kappa shape index (κ1) is 25.3. The number of rotatable bonds is 12. The first-order valence-corrected chi connectivity index (χ1v) is 11.7. The Bertz CT molecular complexity index is 1170. The topological polar surface area (TPSA) is 63.6 Å². The lowest BCUT2D eigenvalue weighted by Gasteiger charge is -2.28. The summed E-state index contributed by atoms with van der Waals surface area (Å²) in [5, 5.41) is 11.4. The van der Waals surface area contributed by atoms with Gasteiger partial charge in [0.05, 0.1) is 11.0 Å². The second-order valence-corrected chi connectivity index (χ2v) is 8.65. The summed E-state index contributed by atoms with van der Waals surface area (Å²) in [6.45, 7) is 3.68. The number of hydrogen-bond donors (Lipinski definition) is 1. The monoisotopic (exact) mass is 468 g/mol. The second kappa shape index (κ2) is 11.2. The van der Waals surface area contributed by atoms with E-state index < -0.39 is 23.0 Å². The molecule has 34 heavy (non-hydrogen) atoms. The van der Waals surface area contributed by atoms with Crippen LogP contribution in [-0.4, -0.2) is 16.9 Å². The van der Waals surface area contributed by atoms with E-state index in [-0.39, 0.29) is 30.8 Å². The van der Waals surface area contributed by atoms with Crippen molar-refractivity contribution in [1.82, 2.24) is 0 Å². The van der Waals surface area contributed by atoms with Crippen LogP contribution in [0.15, 0.2) is 54.6 Å². The molecule has 0 aliphatic carbocycles.